The van der Waals surface area contributed by atoms with Crippen molar-refractivity contribution in [3.05, 3.63) is 84.6 Å². The standard InChI is InChI=1S/C25H16N2S/c1-15-24(27-21-13-11-16-6-2-3-7-18(16)25(21)26-15)17-10-12-20-19-8-4-5-9-22(19)28-23(20)14-17/h2-14H,1H3. The third-order valence-corrected chi connectivity index (χ3v) is 6.52. The van der Waals surface area contributed by atoms with Gasteiger partial charge in [0.15, 0.2) is 0 Å². The Labute approximate surface area is 166 Å². The number of thiophene rings is 1. The van der Waals surface area contributed by atoms with Crippen molar-refractivity contribution in [1.82, 2.24) is 9.97 Å². The van der Waals surface area contributed by atoms with Crippen molar-refractivity contribution in [3.8, 4) is 11.3 Å². The Morgan fingerprint density at radius 2 is 1.46 bits per heavy atom. The maximum Gasteiger partial charge on any atom is 0.0968 e. The zero-order chi connectivity index (χ0) is 18.7. The van der Waals surface area contributed by atoms with Crippen LogP contribution in [-0.4, -0.2) is 9.97 Å². The van der Waals surface area contributed by atoms with Crippen molar-refractivity contribution in [2.75, 3.05) is 0 Å². The molecular formula is C25H16N2S. The largest absolute Gasteiger partial charge is 0.249 e. The Hall–Kier alpha value is -3.30. The van der Waals surface area contributed by atoms with E-state index in [0.29, 0.717) is 0 Å². The van der Waals surface area contributed by atoms with Gasteiger partial charge in [0.05, 0.1) is 22.4 Å². The van der Waals surface area contributed by atoms with E-state index >= 15 is 0 Å². The topological polar surface area (TPSA) is 25.8 Å². The van der Waals surface area contributed by atoms with Crippen LogP contribution >= 0.6 is 11.3 Å². The fourth-order valence-corrected chi connectivity index (χ4v) is 5.17. The minimum atomic E-state index is 0.940. The molecule has 0 atom stereocenters. The number of fused-ring (bicyclic) bond motifs is 6. The van der Waals surface area contributed by atoms with Crippen LogP contribution in [0.3, 0.4) is 0 Å². The van der Waals surface area contributed by atoms with E-state index in [-0.39, 0.29) is 0 Å². The van der Waals surface area contributed by atoms with Crippen LogP contribution in [-0.2, 0) is 0 Å². The van der Waals surface area contributed by atoms with Gasteiger partial charge in [-0.05, 0) is 30.5 Å². The summed E-state index contributed by atoms with van der Waals surface area (Å²) in [5.74, 6) is 0. The summed E-state index contributed by atoms with van der Waals surface area (Å²) in [6.07, 6.45) is 0. The molecule has 4 aromatic carbocycles. The quantitative estimate of drug-likeness (QED) is 0.285. The molecule has 0 aliphatic heterocycles. The van der Waals surface area contributed by atoms with Crippen molar-refractivity contribution < 1.29 is 0 Å². The molecule has 0 aliphatic rings. The van der Waals surface area contributed by atoms with Crippen LogP contribution in [0.25, 0.3) is 53.2 Å². The van der Waals surface area contributed by atoms with Crippen molar-refractivity contribution in [2.45, 2.75) is 6.92 Å². The summed E-state index contributed by atoms with van der Waals surface area (Å²) < 4.78 is 2.61. The molecule has 2 heterocycles. The van der Waals surface area contributed by atoms with E-state index in [2.05, 4.69) is 85.8 Å². The third-order valence-electron chi connectivity index (χ3n) is 5.39. The molecule has 0 fully saturated rings. The lowest BCUT2D eigenvalue weighted by Gasteiger charge is -2.09. The fraction of sp³-hybridized carbons (Fsp3) is 0.0400. The summed E-state index contributed by atoms with van der Waals surface area (Å²) in [6, 6.07) is 27.8. The second kappa shape index (κ2) is 5.85. The predicted molar refractivity (Wildman–Crippen MR) is 120 cm³/mol. The summed E-state index contributed by atoms with van der Waals surface area (Å²) in [4.78, 5) is 9.94. The van der Waals surface area contributed by atoms with E-state index in [9.17, 15) is 0 Å². The van der Waals surface area contributed by atoms with Gasteiger partial charge in [0.2, 0.25) is 0 Å². The summed E-state index contributed by atoms with van der Waals surface area (Å²) in [7, 11) is 0. The Bertz CT molecular complexity index is 1530. The van der Waals surface area contributed by atoms with Crippen molar-refractivity contribution in [3.63, 3.8) is 0 Å². The molecule has 0 spiro atoms. The lowest BCUT2D eigenvalue weighted by molar-refractivity contribution is 1.20. The van der Waals surface area contributed by atoms with Gasteiger partial charge in [-0.25, -0.2) is 9.97 Å². The van der Waals surface area contributed by atoms with Gasteiger partial charge in [-0.2, -0.15) is 0 Å². The molecule has 0 unspecified atom stereocenters. The summed E-state index contributed by atoms with van der Waals surface area (Å²) in [6.45, 7) is 2.05. The zero-order valence-electron chi connectivity index (χ0n) is 15.3. The molecule has 3 heteroatoms. The van der Waals surface area contributed by atoms with E-state index in [0.717, 1.165) is 33.4 Å². The highest BCUT2D eigenvalue weighted by atomic mass is 32.1. The lowest BCUT2D eigenvalue weighted by atomic mass is 10.0. The number of aryl methyl sites for hydroxylation is 1. The van der Waals surface area contributed by atoms with Crippen LogP contribution in [0.2, 0.25) is 0 Å². The minimum Gasteiger partial charge on any atom is -0.249 e. The SMILES string of the molecule is Cc1nc2c(ccc3ccccc32)nc1-c1ccc2c(c1)sc1ccccc12. The fourth-order valence-electron chi connectivity index (χ4n) is 4.02. The van der Waals surface area contributed by atoms with Gasteiger partial charge in [-0.1, -0.05) is 60.7 Å². The van der Waals surface area contributed by atoms with Gasteiger partial charge in [0.1, 0.15) is 0 Å². The van der Waals surface area contributed by atoms with E-state index < -0.39 is 0 Å². The highest BCUT2D eigenvalue weighted by Gasteiger charge is 2.12. The lowest BCUT2D eigenvalue weighted by Crippen LogP contribution is -1.95. The number of hydrogen-bond donors (Lipinski definition) is 0. The number of nitrogens with zero attached hydrogens (tertiary/aromatic N) is 2. The number of benzene rings is 4. The van der Waals surface area contributed by atoms with Gasteiger partial charge in [0.25, 0.3) is 0 Å². The molecule has 0 saturated heterocycles. The number of rotatable bonds is 1. The average Bonchev–Trinajstić information content (AvgIpc) is 3.11. The highest BCUT2D eigenvalue weighted by molar-refractivity contribution is 7.25. The summed E-state index contributed by atoms with van der Waals surface area (Å²) in [5, 5.41) is 4.98. The molecule has 6 rings (SSSR count). The number of aromatic nitrogens is 2. The molecule has 0 N–H and O–H groups in total. The first-order valence-electron chi connectivity index (χ1n) is 9.36. The minimum absolute atomic E-state index is 0.940. The predicted octanol–water partition coefficient (Wildman–Crippen LogP) is 7.13. The van der Waals surface area contributed by atoms with Crippen molar-refractivity contribution in [2.24, 2.45) is 0 Å². The second-order valence-electron chi connectivity index (χ2n) is 7.12. The smallest absolute Gasteiger partial charge is 0.0968 e. The van der Waals surface area contributed by atoms with Crippen LogP contribution in [0.5, 0.6) is 0 Å². The van der Waals surface area contributed by atoms with E-state index in [4.69, 9.17) is 9.97 Å². The van der Waals surface area contributed by atoms with E-state index in [1.54, 1.807) is 0 Å². The average molecular weight is 376 g/mol. The van der Waals surface area contributed by atoms with Crippen molar-refractivity contribution >= 4 is 53.3 Å². The molecular weight excluding hydrogens is 360 g/mol. The Kier molecular flexibility index (Phi) is 3.28. The van der Waals surface area contributed by atoms with Gasteiger partial charge in [-0.3, -0.25) is 0 Å². The van der Waals surface area contributed by atoms with Crippen LogP contribution < -0.4 is 0 Å². The molecule has 2 aromatic heterocycles. The second-order valence-corrected chi connectivity index (χ2v) is 8.20. The Balaban J connectivity index is 1.60. The molecule has 0 aliphatic carbocycles. The summed E-state index contributed by atoms with van der Waals surface area (Å²) in [5.41, 5.74) is 4.96. The normalized spacial score (nSPS) is 11.8. The molecule has 2 nitrogen and oxygen atoms in total. The molecule has 6 aromatic rings. The zero-order valence-corrected chi connectivity index (χ0v) is 16.1. The Morgan fingerprint density at radius 1 is 0.679 bits per heavy atom. The van der Waals surface area contributed by atoms with E-state index in [1.165, 1.54) is 25.6 Å². The molecule has 0 amide bonds. The first kappa shape index (κ1) is 15.7. The van der Waals surface area contributed by atoms with Crippen LogP contribution in [0.1, 0.15) is 5.69 Å². The van der Waals surface area contributed by atoms with Crippen LogP contribution in [0, 0.1) is 6.92 Å². The van der Waals surface area contributed by atoms with Gasteiger partial charge in [0, 0.05) is 31.1 Å². The molecule has 0 radical (unpaired) electrons. The highest BCUT2D eigenvalue weighted by Crippen LogP contribution is 2.36. The molecule has 0 bridgehead atoms. The summed E-state index contributed by atoms with van der Waals surface area (Å²) >= 11 is 1.83. The van der Waals surface area contributed by atoms with Crippen LogP contribution in [0.15, 0.2) is 78.9 Å². The maximum atomic E-state index is 5.00. The molecule has 132 valence electrons. The maximum absolute atomic E-state index is 5.00. The van der Waals surface area contributed by atoms with Crippen molar-refractivity contribution in [1.29, 1.82) is 0 Å². The Morgan fingerprint density at radius 3 is 2.39 bits per heavy atom. The molecule has 28 heavy (non-hydrogen) atoms. The van der Waals surface area contributed by atoms with Gasteiger partial charge >= 0.3 is 0 Å². The first-order valence-corrected chi connectivity index (χ1v) is 10.2. The van der Waals surface area contributed by atoms with Gasteiger partial charge < -0.3 is 0 Å². The number of hydrogen-bond acceptors (Lipinski definition) is 3. The first-order chi connectivity index (χ1) is 13.8. The third kappa shape index (κ3) is 2.26. The van der Waals surface area contributed by atoms with Crippen LogP contribution in [0.4, 0.5) is 0 Å². The van der Waals surface area contributed by atoms with Gasteiger partial charge in [-0.15, -0.1) is 11.3 Å². The van der Waals surface area contributed by atoms with E-state index in [1.807, 2.05) is 11.3 Å². The monoisotopic (exact) mass is 376 g/mol. The molecule has 0 saturated carbocycles.